The third-order valence-electron chi connectivity index (χ3n) is 6.01. The summed E-state index contributed by atoms with van der Waals surface area (Å²) in [5, 5.41) is 8.55. The smallest absolute Gasteiger partial charge is 0.410 e. The van der Waals surface area contributed by atoms with E-state index in [-0.39, 0.29) is 23.5 Å². The molecule has 3 aromatic rings. The number of rotatable bonds is 3. The Kier molecular flexibility index (Phi) is 6.62. The molecular formula is C28H36N4O3. The molecule has 0 spiro atoms. The molecule has 2 aromatic carbocycles. The topological polar surface area (TPSA) is 76.5 Å². The number of piperidine rings is 1. The average Bonchev–Trinajstić information content (AvgIpc) is 3.21. The van der Waals surface area contributed by atoms with Gasteiger partial charge >= 0.3 is 6.09 Å². The largest absolute Gasteiger partial charge is 0.444 e. The van der Waals surface area contributed by atoms with E-state index in [1.54, 1.807) is 6.20 Å². The summed E-state index contributed by atoms with van der Waals surface area (Å²) in [7, 11) is 0. The third-order valence-corrected chi connectivity index (χ3v) is 6.01. The molecule has 1 N–H and O–H groups in total. The zero-order valence-corrected chi connectivity index (χ0v) is 21.6. The number of benzene rings is 2. The van der Waals surface area contributed by atoms with Gasteiger partial charge in [0, 0.05) is 29.9 Å². The molecule has 0 unspecified atom stereocenters. The SMILES string of the molecule is CC(C)(C)NC(=O)c1cccc2cnn(-c3ccc([C@@H]4CCCN(C(=O)OC(C)(C)C)C4)cc3)c12. The van der Waals surface area contributed by atoms with Crippen molar-refractivity contribution in [2.75, 3.05) is 13.1 Å². The van der Waals surface area contributed by atoms with Gasteiger partial charge in [0.1, 0.15) is 5.60 Å². The van der Waals surface area contributed by atoms with E-state index in [1.807, 2.05) is 81.5 Å². The quantitative estimate of drug-likeness (QED) is 0.529. The van der Waals surface area contributed by atoms with Crippen LogP contribution in [0.25, 0.3) is 16.6 Å². The highest BCUT2D eigenvalue weighted by Gasteiger charge is 2.28. The van der Waals surface area contributed by atoms with Crippen molar-refractivity contribution in [1.82, 2.24) is 20.0 Å². The fraction of sp³-hybridized carbons (Fsp3) is 0.464. The first kappa shape index (κ1) is 24.8. The highest BCUT2D eigenvalue weighted by molar-refractivity contribution is 6.06. The van der Waals surface area contributed by atoms with E-state index < -0.39 is 5.60 Å². The van der Waals surface area contributed by atoms with Crippen LogP contribution in [-0.2, 0) is 4.74 Å². The van der Waals surface area contributed by atoms with Crippen LogP contribution in [-0.4, -0.2) is 50.9 Å². The van der Waals surface area contributed by atoms with Gasteiger partial charge in [0.2, 0.25) is 0 Å². The van der Waals surface area contributed by atoms with Crippen LogP contribution in [0.1, 0.15) is 76.2 Å². The molecule has 1 saturated heterocycles. The number of likely N-dealkylation sites (tertiary alicyclic amines) is 1. The first-order valence-corrected chi connectivity index (χ1v) is 12.3. The van der Waals surface area contributed by atoms with Crippen LogP contribution in [0.2, 0.25) is 0 Å². The van der Waals surface area contributed by atoms with Crippen molar-refractivity contribution in [3.8, 4) is 5.69 Å². The number of ether oxygens (including phenoxy) is 1. The Hall–Kier alpha value is -3.35. The van der Waals surface area contributed by atoms with Gasteiger partial charge in [-0.05, 0) is 78.1 Å². The Morgan fingerprint density at radius 1 is 1.03 bits per heavy atom. The normalized spacial score (nSPS) is 16.9. The third kappa shape index (κ3) is 5.84. The molecule has 2 amide bonds. The molecule has 7 heteroatoms. The summed E-state index contributed by atoms with van der Waals surface area (Å²) < 4.78 is 7.40. The van der Waals surface area contributed by atoms with Gasteiger partial charge < -0.3 is 15.0 Å². The van der Waals surface area contributed by atoms with Gasteiger partial charge in [-0.3, -0.25) is 4.79 Å². The molecule has 0 aliphatic carbocycles. The average molecular weight is 477 g/mol. The van der Waals surface area contributed by atoms with E-state index >= 15 is 0 Å². The first-order chi connectivity index (χ1) is 16.4. The van der Waals surface area contributed by atoms with E-state index in [1.165, 1.54) is 5.56 Å². The summed E-state index contributed by atoms with van der Waals surface area (Å²) in [5.41, 5.74) is 2.62. The fourth-order valence-corrected chi connectivity index (χ4v) is 4.50. The molecule has 1 aliphatic rings. The Labute approximate surface area is 207 Å². The molecule has 7 nitrogen and oxygen atoms in total. The van der Waals surface area contributed by atoms with Crippen LogP contribution in [0.4, 0.5) is 4.79 Å². The van der Waals surface area contributed by atoms with Crippen molar-refractivity contribution in [3.05, 3.63) is 59.8 Å². The van der Waals surface area contributed by atoms with Gasteiger partial charge in [-0.25, -0.2) is 9.48 Å². The van der Waals surface area contributed by atoms with Crippen LogP contribution >= 0.6 is 0 Å². The van der Waals surface area contributed by atoms with E-state index in [0.29, 0.717) is 12.1 Å². The van der Waals surface area contributed by atoms with Crippen molar-refractivity contribution in [2.24, 2.45) is 0 Å². The molecule has 0 bridgehead atoms. The number of nitrogens with one attached hydrogen (secondary N) is 1. The number of amides is 2. The molecule has 186 valence electrons. The van der Waals surface area contributed by atoms with Crippen molar-refractivity contribution in [2.45, 2.75) is 71.4 Å². The van der Waals surface area contributed by atoms with Crippen molar-refractivity contribution < 1.29 is 14.3 Å². The van der Waals surface area contributed by atoms with Gasteiger partial charge in [-0.2, -0.15) is 5.10 Å². The van der Waals surface area contributed by atoms with Crippen molar-refractivity contribution in [3.63, 3.8) is 0 Å². The zero-order valence-electron chi connectivity index (χ0n) is 21.6. The van der Waals surface area contributed by atoms with Gasteiger partial charge in [-0.1, -0.05) is 24.3 Å². The Morgan fingerprint density at radius 3 is 2.40 bits per heavy atom. The minimum absolute atomic E-state index is 0.120. The van der Waals surface area contributed by atoms with Crippen LogP contribution in [0, 0.1) is 0 Å². The second kappa shape index (κ2) is 9.36. The number of fused-ring (bicyclic) bond motifs is 1. The lowest BCUT2D eigenvalue weighted by atomic mass is 9.90. The summed E-state index contributed by atoms with van der Waals surface area (Å²) >= 11 is 0. The number of carbonyl (C=O) groups is 2. The molecule has 0 saturated carbocycles. The number of aromatic nitrogens is 2. The van der Waals surface area contributed by atoms with Crippen LogP contribution in [0.5, 0.6) is 0 Å². The highest BCUT2D eigenvalue weighted by atomic mass is 16.6. The van der Waals surface area contributed by atoms with E-state index in [0.717, 1.165) is 36.0 Å². The molecular weight excluding hydrogens is 440 g/mol. The summed E-state index contributed by atoms with van der Waals surface area (Å²) in [6.07, 6.45) is 3.52. The van der Waals surface area contributed by atoms with Crippen molar-refractivity contribution >= 4 is 22.9 Å². The lowest BCUT2D eigenvalue weighted by molar-refractivity contribution is 0.0198. The number of hydrogen-bond donors (Lipinski definition) is 1. The second-order valence-corrected chi connectivity index (χ2v) is 11.4. The zero-order chi connectivity index (χ0) is 25.4. The number of hydrogen-bond acceptors (Lipinski definition) is 4. The summed E-state index contributed by atoms with van der Waals surface area (Å²) in [5.74, 6) is 0.138. The summed E-state index contributed by atoms with van der Waals surface area (Å²) in [4.78, 5) is 27.4. The predicted molar refractivity (Wildman–Crippen MR) is 138 cm³/mol. The van der Waals surface area contributed by atoms with Gasteiger partial charge in [-0.15, -0.1) is 0 Å². The van der Waals surface area contributed by atoms with Crippen LogP contribution in [0.3, 0.4) is 0 Å². The fourth-order valence-electron chi connectivity index (χ4n) is 4.50. The van der Waals surface area contributed by atoms with E-state index in [9.17, 15) is 9.59 Å². The minimum atomic E-state index is -0.499. The molecule has 1 atom stereocenters. The molecule has 0 radical (unpaired) electrons. The van der Waals surface area contributed by atoms with Gasteiger partial charge in [0.15, 0.2) is 0 Å². The standard InChI is InChI=1S/C28H36N4O3/c1-27(2,3)30-25(33)23-11-7-9-20-17-29-32(24(20)23)22-14-12-19(13-15-22)21-10-8-16-31(18-21)26(34)35-28(4,5)6/h7,9,11-15,17,21H,8,10,16,18H2,1-6H3,(H,30,33)/t21-/m1/s1. The lowest BCUT2D eigenvalue weighted by Gasteiger charge is -2.34. The van der Waals surface area contributed by atoms with Crippen LogP contribution in [0.15, 0.2) is 48.7 Å². The number of para-hydroxylation sites is 1. The molecule has 1 aliphatic heterocycles. The minimum Gasteiger partial charge on any atom is -0.444 e. The first-order valence-electron chi connectivity index (χ1n) is 12.3. The maximum Gasteiger partial charge on any atom is 0.410 e. The molecule has 4 rings (SSSR count). The molecule has 35 heavy (non-hydrogen) atoms. The second-order valence-electron chi connectivity index (χ2n) is 11.4. The van der Waals surface area contributed by atoms with Crippen LogP contribution < -0.4 is 5.32 Å². The number of carbonyl (C=O) groups excluding carboxylic acids is 2. The predicted octanol–water partition coefficient (Wildman–Crippen LogP) is 5.67. The monoisotopic (exact) mass is 476 g/mol. The van der Waals surface area contributed by atoms with Crippen molar-refractivity contribution in [1.29, 1.82) is 0 Å². The van der Waals surface area contributed by atoms with Gasteiger partial charge in [0.25, 0.3) is 5.91 Å². The Bertz CT molecular complexity index is 1220. The Balaban J connectivity index is 1.57. The Morgan fingerprint density at radius 2 is 1.74 bits per heavy atom. The number of nitrogens with zero attached hydrogens (tertiary/aromatic N) is 3. The van der Waals surface area contributed by atoms with E-state index in [4.69, 9.17) is 4.74 Å². The molecule has 1 fully saturated rings. The van der Waals surface area contributed by atoms with Gasteiger partial charge in [0.05, 0.1) is 23.0 Å². The molecule has 2 heterocycles. The maximum atomic E-state index is 13.0. The molecule has 1 aromatic heterocycles. The van der Waals surface area contributed by atoms with E-state index in [2.05, 4.69) is 22.5 Å². The maximum absolute atomic E-state index is 13.0. The lowest BCUT2D eigenvalue weighted by Crippen LogP contribution is -2.42. The summed E-state index contributed by atoms with van der Waals surface area (Å²) in [6, 6.07) is 14.0. The highest BCUT2D eigenvalue weighted by Crippen LogP contribution is 2.29. The summed E-state index contributed by atoms with van der Waals surface area (Å²) in [6.45, 7) is 13.0.